The molecule has 1 aliphatic carbocycles. The molecule has 6 heteroatoms. The number of hydrogen-bond donors (Lipinski definition) is 2. The Balaban J connectivity index is 1.23. The van der Waals surface area contributed by atoms with E-state index in [1.165, 1.54) is 22.4 Å². The van der Waals surface area contributed by atoms with Crippen molar-refractivity contribution >= 4 is 11.7 Å². The van der Waals surface area contributed by atoms with Crippen LogP contribution in [0.4, 0.5) is 5.69 Å². The first-order valence-electron chi connectivity index (χ1n) is 12.0. The summed E-state index contributed by atoms with van der Waals surface area (Å²) in [4.78, 5) is 14.1. The number of rotatable bonds is 5. The Morgan fingerprint density at radius 2 is 1.79 bits per heavy atom. The second-order valence-electron chi connectivity index (χ2n) is 9.39. The van der Waals surface area contributed by atoms with Gasteiger partial charge in [-0.3, -0.25) is 4.68 Å². The summed E-state index contributed by atoms with van der Waals surface area (Å²) in [5.41, 5.74) is 7.46. The number of aromatic carboxylic acids is 1. The lowest BCUT2D eigenvalue weighted by atomic mass is 9.90. The molecule has 5 rings (SSSR count). The van der Waals surface area contributed by atoms with Crippen LogP contribution in [-0.4, -0.2) is 46.0 Å². The van der Waals surface area contributed by atoms with E-state index < -0.39 is 5.97 Å². The molecule has 0 amide bonds. The van der Waals surface area contributed by atoms with Crippen molar-refractivity contribution in [3.63, 3.8) is 0 Å². The number of anilines is 1. The van der Waals surface area contributed by atoms with Gasteiger partial charge in [-0.15, -0.1) is 0 Å². The smallest absolute Gasteiger partial charge is 0.356 e. The minimum Gasteiger partial charge on any atom is -0.476 e. The van der Waals surface area contributed by atoms with Crippen LogP contribution in [-0.2, 0) is 19.9 Å². The monoisotopic (exact) mass is 444 g/mol. The lowest BCUT2D eigenvalue weighted by Crippen LogP contribution is -2.48. The average molecular weight is 445 g/mol. The van der Waals surface area contributed by atoms with E-state index in [0.717, 1.165) is 56.5 Å². The number of aryl methyl sites for hydroxylation is 1. The van der Waals surface area contributed by atoms with E-state index in [-0.39, 0.29) is 5.69 Å². The number of hydrogen-bond acceptors (Lipinski definition) is 4. The fraction of sp³-hybridized carbons (Fsp3) is 0.407. The number of carboxylic acid groups (broad SMARTS) is 1. The van der Waals surface area contributed by atoms with Gasteiger partial charge in [-0.1, -0.05) is 42.5 Å². The van der Waals surface area contributed by atoms with Crippen LogP contribution in [0.5, 0.6) is 0 Å². The first-order chi connectivity index (χ1) is 16.0. The predicted octanol–water partition coefficient (Wildman–Crippen LogP) is 4.21. The number of fused-ring (bicyclic) bond motifs is 1. The lowest BCUT2D eigenvalue weighted by Gasteiger charge is -2.37. The third-order valence-corrected chi connectivity index (χ3v) is 7.35. The molecule has 172 valence electrons. The van der Waals surface area contributed by atoms with Crippen LogP contribution in [0, 0.1) is 6.92 Å². The summed E-state index contributed by atoms with van der Waals surface area (Å²) in [5.74, 6) is -0.922. The molecule has 33 heavy (non-hydrogen) atoms. The van der Waals surface area contributed by atoms with Gasteiger partial charge in [0.15, 0.2) is 5.69 Å². The van der Waals surface area contributed by atoms with Gasteiger partial charge in [0, 0.05) is 49.2 Å². The van der Waals surface area contributed by atoms with E-state index in [1.54, 1.807) is 4.68 Å². The largest absolute Gasteiger partial charge is 0.476 e. The van der Waals surface area contributed by atoms with Crippen molar-refractivity contribution in [2.45, 2.75) is 51.1 Å². The second-order valence-corrected chi connectivity index (χ2v) is 9.39. The second kappa shape index (κ2) is 9.02. The molecule has 1 unspecified atom stereocenters. The van der Waals surface area contributed by atoms with Crippen molar-refractivity contribution in [3.05, 3.63) is 71.0 Å². The van der Waals surface area contributed by atoms with E-state index in [4.69, 9.17) is 0 Å². The van der Waals surface area contributed by atoms with Crippen molar-refractivity contribution in [1.29, 1.82) is 0 Å². The molecule has 3 aromatic rings. The highest BCUT2D eigenvalue weighted by atomic mass is 16.4. The average Bonchev–Trinajstić information content (AvgIpc) is 3.16. The van der Waals surface area contributed by atoms with Gasteiger partial charge in [-0.05, 0) is 61.8 Å². The molecular weight excluding hydrogens is 412 g/mol. The molecule has 0 radical (unpaired) electrons. The third kappa shape index (κ3) is 4.27. The minimum atomic E-state index is -0.922. The van der Waals surface area contributed by atoms with Crippen molar-refractivity contribution in [2.75, 3.05) is 18.0 Å². The number of carboxylic acids is 1. The molecule has 0 bridgehead atoms. The van der Waals surface area contributed by atoms with Crippen LogP contribution in [0.3, 0.4) is 0 Å². The molecule has 1 fully saturated rings. The third-order valence-electron chi connectivity index (χ3n) is 7.35. The van der Waals surface area contributed by atoms with Crippen LogP contribution in [0.2, 0.25) is 0 Å². The highest BCUT2D eigenvalue weighted by molar-refractivity contribution is 5.87. The maximum atomic E-state index is 11.6. The Bertz CT molecular complexity index is 1150. The van der Waals surface area contributed by atoms with Crippen molar-refractivity contribution in [3.8, 4) is 11.1 Å². The number of nitrogens with one attached hydrogen (secondary N) is 1. The van der Waals surface area contributed by atoms with Gasteiger partial charge >= 0.3 is 5.97 Å². The fourth-order valence-electron chi connectivity index (χ4n) is 5.62. The lowest BCUT2D eigenvalue weighted by molar-refractivity contribution is 0.0688. The molecule has 0 spiro atoms. The van der Waals surface area contributed by atoms with E-state index in [0.29, 0.717) is 12.1 Å². The van der Waals surface area contributed by atoms with Gasteiger partial charge in [0.2, 0.25) is 0 Å². The predicted molar refractivity (Wildman–Crippen MR) is 131 cm³/mol. The van der Waals surface area contributed by atoms with Gasteiger partial charge in [0.25, 0.3) is 0 Å². The zero-order valence-electron chi connectivity index (χ0n) is 19.4. The summed E-state index contributed by atoms with van der Waals surface area (Å²) in [6, 6.07) is 18.0. The Morgan fingerprint density at radius 3 is 2.52 bits per heavy atom. The van der Waals surface area contributed by atoms with E-state index >= 15 is 0 Å². The van der Waals surface area contributed by atoms with E-state index in [9.17, 15) is 9.90 Å². The normalized spacial score (nSPS) is 18.8. The maximum Gasteiger partial charge on any atom is 0.356 e. The summed E-state index contributed by atoms with van der Waals surface area (Å²) in [6.07, 6.45) is 4.86. The Hall–Kier alpha value is -3.12. The molecule has 1 atom stereocenters. The standard InChI is InChI=1S/C27H32N4O2/c1-18-22(19-7-4-3-5-8-19)9-6-10-24(18)31-15-13-20(14-16-31)28-21-11-12-25-23(17-21)26(27(32)33)29-30(25)2/h3-10,20-21,28H,11-17H2,1-2H3,(H,32,33). The molecule has 2 N–H and O–H groups in total. The summed E-state index contributed by atoms with van der Waals surface area (Å²) in [5, 5.41) is 17.6. The number of aromatic nitrogens is 2. The number of carbonyl (C=O) groups is 1. The summed E-state index contributed by atoms with van der Waals surface area (Å²) in [6.45, 7) is 4.29. The minimum absolute atomic E-state index is 0.225. The zero-order valence-corrected chi connectivity index (χ0v) is 19.4. The quantitative estimate of drug-likeness (QED) is 0.617. The van der Waals surface area contributed by atoms with E-state index in [2.05, 4.69) is 70.8 Å². The van der Waals surface area contributed by atoms with Gasteiger partial charge in [0.1, 0.15) is 0 Å². The molecule has 1 aromatic heterocycles. The van der Waals surface area contributed by atoms with Crippen molar-refractivity contribution in [2.24, 2.45) is 7.05 Å². The topological polar surface area (TPSA) is 70.4 Å². The molecule has 2 aliphatic rings. The molecular formula is C27H32N4O2. The molecule has 0 saturated carbocycles. The molecule has 1 saturated heterocycles. The maximum absolute atomic E-state index is 11.6. The fourth-order valence-corrected chi connectivity index (χ4v) is 5.62. The number of piperidine rings is 1. The van der Waals surface area contributed by atoms with Gasteiger partial charge in [0.05, 0.1) is 0 Å². The first-order valence-corrected chi connectivity index (χ1v) is 12.0. The molecule has 2 heterocycles. The highest BCUT2D eigenvalue weighted by Crippen LogP contribution is 2.32. The van der Waals surface area contributed by atoms with Crippen LogP contribution in [0.25, 0.3) is 11.1 Å². The summed E-state index contributed by atoms with van der Waals surface area (Å²) < 4.78 is 1.75. The van der Waals surface area contributed by atoms with E-state index in [1.807, 2.05) is 7.05 Å². The Morgan fingerprint density at radius 1 is 1.03 bits per heavy atom. The van der Waals surface area contributed by atoms with Gasteiger partial charge < -0.3 is 15.3 Å². The summed E-state index contributed by atoms with van der Waals surface area (Å²) in [7, 11) is 1.85. The first kappa shape index (κ1) is 21.7. The van der Waals surface area contributed by atoms with Gasteiger partial charge in [-0.2, -0.15) is 5.10 Å². The van der Waals surface area contributed by atoms with Crippen molar-refractivity contribution < 1.29 is 9.90 Å². The summed E-state index contributed by atoms with van der Waals surface area (Å²) >= 11 is 0. The number of benzene rings is 2. The highest BCUT2D eigenvalue weighted by Gasteiger charge is 2.30. The SMILES string of the molecule is Cc1c(-c2ccccc2)cccc1N1CCC(NC2CCc3c(c(C(=O)O)nn3C)C2)CC1. The molecule has 6 nitrogen and oxygen atoms in total. The van der Waals surface area contributed by atoms with Crippen LogP contribution < -0.4 is 10.2 Å². The van der Waals surface area contributed by atoms with Crippen LogP contribution in [0.1, 0.15) is 46.6 Å². The molecule has 2 aromatic carbocycles. The van der Waals surface area contributed by atoms with Crippen LogP contribution in [0.15, 0.2) is 48.5 Å². The van der Waals surface area contributed by atoms with Gasteiger partial charge in [-0.25, -0.2) is 4.79 Å². The zero-order chi connectivity index (χ0) is 22.9. The number of nitrogens with zero attached hydrogens (tertiary/aromatic N) is 3. The Kier molecular flexibility index (Phi) is 5.94. The molecule has 1 aliphatic heterocycles. The Labute approximate surface area is 195 Å². The van der Waals surface area contributed by atoms with Crippen LogP contribution >= 0.6 is 0 Å². The van der Waals surface area contributed by atoms with Crippen molar-refractivity contribution in [1.82, 2.24) is 15.1 Å².